The van der Waals surface area contributed by atoms with Gasteiger partial charge < -0.3 is 24.6 Å². The summed E-state index contributed by atoms with van der Waals surface area (Å²) in [5.41, 5.74) is 1.89. The molecule has 0 saturated carbocycles. The molecule has 3 aromatic rings. The summed E-state index contributed by atoms with van der Waals surface area (Å²) < 4.78 is 11.1. The number of fused-ring (bicyclic) bond motifs is 2. The van der Waals surface area contributed by atoms with Crippen LogP contribution in [0, 0.1) is 0 Å². The first-order valence-corrected chi connectivity index (χ1v) is 7.83. The number of hydrogen-bond acceptors (Lipinski definition) is 5. The Morgan fingerprint density at radius 2 is 1.75 bits per heavy atom. The van der Waals surface area contributed by atoms with Crippen LogP contribution in [-0.4, -0.2) is 38.0 Å². The van der Waals surface area contributed by atoms with Crippen LogP contribution in [-0.2, 0) is 6.42 Å². The predicted octanol–water partition coefficient (Wildman–Crippen LogP) is 3.41. The minimum atomic E-state index is 0.148. The summed E-state index contributed by atoms with van der Waals surface area (Å²) in [6.45, 7) is 0.801. The molecule has 0 bridgehead atoms. The Morgan fingerprint density at radius 3 is 2.46 bits per heavy atom. The Bertz CT molecular complexity index is 981. The summed E-state index contributed by atoms with van der Waals surface area (Å²) in [5, 5.41) is 24.3. The van der Waals surface area contributed by atoms with Gasteiger partial charge in [-0.2, -0.15) is 0 Å². The fourth-order valence-electron chi connectivity index (χ4n) is 3.73. The van der Waals surface area contributed by atoms with Crippen molar-refractivity contribution in [3.05, 3.63) is 29.8 Å². The van der Waals surface area contributed by atoms with Gasteiger partial charge in [0.25, 0.3) is 0 Å². The highest BCUT2D eigenvalue weighted by Crippen LogP contribution is 2.52. The maximum atomic E-state index is 10.7. The Labute approximate surface area is 139 Å². The minimum Gasteiger partial charge on any atom is -0.508 e. The number of methoxy groups -OCH3 is 2. The molecule has 0 amide bonds. The fourth-order valence-corrected chi connectivity index (χ4v) is 3.73. The van der Waals surface area contributed by atoms with Gasteiger partial charge in [-0.3, -0.25) is 0 Å². The van der Waals surface area contributed by atoms with Gasteiger partial charge in [-0.05, 0) is 41.5 Å². The minimum absolute atomic E-state index is 0.148. The van der Waals surface area contributed by atoms with E-state index >= 15 is 0 Å². The number of phenolic OH excluding ortho intramolecular Hbond substituents is 2. The van der Waals surface area contributed by atoms with Gasteiger partial charge in [0.2, 0.25) is 5.75 Å². The van der Waals surface area contributed by atoms with Crippen LogP contribution in [0.15, 0.2) is 24.3 Å². The number of ether oxygens (including phenoxy) is 2. The smallest absolute Gasteiger partial charge is 0.204 e. The molecular weight excluding hydrogens is 306 g/mol. The molecule has 1 aliphatic heterocycles. The lowest BCUT2D eigenvalue weighted by molar-refractivity contribution is 0.334. The summed E-state index contributed by atoms with van der Waals surface area (Å²) in [7, 11) is 5.13. The highest BCUT2D eigenvalue weighted by Gasteiger charge is 2.28. The number of aromatic hydroxyl groups is 2. The normalized spacial score (nSPS) is 13.5. The Hall–Kier alpha value is -2.82. The van der Waals surface area contributed by atoms with E-state index in [9.17, 15) is 10.2 Å². The van der Waals surface area contributed by atoms with Gasteiger partial charge in [-0.1, -0.05) is 0 Å². The number of benzene rings is 3. The molecule has 0 unspecified atom stereocenters. The van der Waals surface area contributed by atoms with Crippen molar-refractivity contribution in [3.63, 3.8) is 0 Å². The van der Waals surface area contributed by atoms with E-state index in [1.54, 1.807) is 19.2 Å². The maximum absolute atomic E-state index is 10.7. The van der Waals surface area contributed by atoms with Crippen LogP contribution in [0.5, 0.6) is 23.0 Å². The van der Waals surface area contributed by atoms with Crippen molar-refractivity contribution >= 4 is 27.2 Å². The van der Waals surface area contributed by atoms with Gasteiger partial charge in [0.15, 0.2) is 11.5 Å². The van der Waals surface area contributed by atoms with Crippen LogP contribution in [0.4, 0.5) is 5.69 Å². The van der Waals surface area contributed by atoms with E-state index in [2.05, 4.69) is 4.90 Å². The topological polar surface area (TPSA) is 62.2 Å². The predicted molar refractivity (Wildman–Crippen MR) is 94.9 cm³/mol. The molecule has 0 saturated heterocycles. The zero-order valence-electron chi connectivity index (χ0n) is 13.9. The van der Waals surface area contributed by atoms with E-state index < -0.39 is 0 Å². The third kappa shape index (κ3) is 1.81. The molecule has 124 valence electrons. The van der Waals surface area contributed by atoms with Crippen LogP contribution < -0.4 is 14.4 Å². The molecule has 0 atom stereocenters. The lowest BCUT2D eigenvalue weighted by atomic mass is 9.90. The first kappa shape index (κ1) is 14.8. The maximum Gasteiger partial charge on any atom is 0.204 e. The molecule has 0 radical (unpaired) electrons. The SMILES string of the molecule is COc1c(O)c2c3c(cc4cc(O)ccc4c3c1OC)N(C)CC2. The highest BCUT2D eigenvalue weighted by atomic mass is 16.5. The molecular formula is C19H19NO4. The summed E-state index contributed by atoms with van der Waals surface area (Å²) in [5.74, 6) is 1.24. The molecule has 0 spiro atoms. The third-order valence-electron chi connectivity index (χ3n) is 4.86. The van der Waals surface area contributed by atoms with Crippen LogP contribution in [0.25, 0.3) is 21.5 Å². The Kier molecular flexibility index (Phi) is 3.13. The lowest BCUT2D eigenvalue weighted by Gasteiger charge is -2.30. The Morgan fingerprint density at radius 1 is 1.00 bits per heavy atom. The van der Waals surface area contributed by atoms with Crippen molar-refractivity contribution in [1.29, 1.82) is 0 Å². The molecule has 0 aliphatic carbocycles. The van der Waals surface area contributed by atoms with Crippen molar-refractivity contribution in [2.75, 3.05) is 32.7 Å². The molecule has 1 aliphatic rings. The third-order valence-corrected chi connectivity index (χ3v) is 4.86. The first-order chi connectivity index (χ1) is 11.6. The second kappa shape index (κ2) is 5.09. The van der Waals surface area contributed by atoms with Crippen molar-refractivity contribution in [2.24, 2.45) is 0 Å². The number of anilines is 1. The van der Waals surface area contributed by atoms with E-state index in [-0.39, 0.29) is 11.5 Å². The van der Waals surface area contributed by atoms with Gasteiger partial charge in [0, 0.05) is 35.6 Å². The largest absolute Gasteiger partial charge is 0.508 e. The molecule has 4 rings (SSSR count). The molecule has 0 fully saturated rings. The lowest BCUT2D eigenvalue weighted by Crippen LogP contribution is -2.24. The number of phenols is 2. The molecule has 1 heterocycles. The van der Waals surface area contributed by atoms with E-state index in [0.717, 1.165) is 45.8 Å². The molecule has 3 aromatic carbocycles. The van der Waals surface area contributed by atoms with Crippen molar-refractivity contribution in [3.8, 4) is 23.0 Å². The Balaban J connectivity index is 2.32. The zero-order chi connectivity index (χ0) is 17.0. The van der Waals surface area contributed by atoms with Crippen LogP contribution in [0.2, 0.25) is 0 Å². The number of hydrogen-bond donors (Lipinski definition) is 2. The second-order valence-electron chi connectivity index (χ2n) is 6.12. The highest BCUT2D eigenvalue weighted by molar-refractivity contribution is 6.19. The van der Waals surface area contributed by atoms with Crippen molar-refractivity contribution in [1.82, 2.24) is 0 Å². The summed E-state index contributed by atoms with van der Waals surface area (Å²) in [4.78, 5) is 2.16. The van der Waals surface area contributed by atoms with Crippen LogP contribution in [0.3, 0.4) is 0 Å². The van der Waals surface area contributed by atoms with E-state index in [0.29, 0.717) is 11.5 Å². The first-order valence-electron chi connectivity index (χ1n) is 7.83. The average molecular weight is 325 g/mol. The summed E-state index contributed by atoms with van der Waals surface area (Å²) >= 11 is 0. The zero-order valence-corrected chi connectivity index (χ0v) is 13.9. The van der Waals surface area contributed by atoms with Gasteiger partial charge >= 0.3 is 0 Å². The molecule has 24 heavy (non-hydrogen) atoms. The van der Waals surface area contributed by atoms with Crippen molar-refractivity contribution in [2.45, 2.75) is 6.42 Å². The van der Waals surface area contributed by atoms with Gasteiger partial charge in [-0.25, -0.2) is 0 Å². The molecule has 2 N–H and O–H groups in total. The van der Waals surface area contributed by atoms with Gasteiger partial charge in [-0.15, -0.1) is 0 Å². The second-order valence-corrected chi connectivity index (χ2v) is 6.12. The van der Waals surface area contributed by atoms with Gasteiger partial charge in [0.05, 0.1) is 14.2 Å². The molecule has 5 heteroatoms. The molecule has 0 aromatic heterocycles. The van der Waals surface area contributed by atoms with Gasteiger partial charge in [0.1, 0.15) is 5.75 Å². The number of likely N-dealkylation sites (N-methyl/N-ethyl adjacent to an activating group) is 1. The monoisotopic (exact) mass is 325 g/mol. The fraction of sp³-hybridized carbons (Fsp3) is 0.263. The number of nitrogens with zero attached hydrogens (tertiary/aromatic N) is 1. The summed E-state index contributed by atoms with van der Waals surface area (Å²) in [6, 6.07) is 7.33. The number of rotatable bonds is 2. The average Bonchev–Trinajstić information content (AvgIpc) is 2.58. The summed E-state index contributed by atoms with van der Waals surface area (Å²) in [6.07, 6.45) is 0.732. The van der Waals surface area contributed by atoms with Crippen molar-refractivity contribution < 1.29 is 19.7 Å². The van der Waals surface area contributed by atoms with E-state index in [4.69, 9.17) is 9.47 Å². The van der Waals surface area contributed by atoms with E-state index in [1.807, 2.05) is 19.2 Å². The molecule has 5 nitrogen and oxygen atoms in total. The van der Waals surface area contributed by atoms with E-state index in [1.165, 1.54) is 7.11 Å². The quantitative estimate of drug-likeness (QED) is 0.707. The van der Waals surface area contributed by atoms with Crippen LogP contribution >= 0.6 is 0 Å². The van der Waals surface area contributed by atoms with Crippen LogP contribution in [0.1, 0.15) is 5.56 Å². The standard InChI is InChI=1S/C19H19NO4/c1-20-7-6-13-15-14(20)9-10-8-11(21)4-5-12(10)16(15)18(23-2)19(24-3)17(13)22/h4-5,8-9,21-22H,6-7H2,1-3H3.